The summed E-state index contributed by atoms with van der Waals surface area (Å²) in [6, 6.07) is 8.48. The van der Waals surface area contributed by atoms with Crippen molar-refractivity contribution in [3.8, 4) is 5.75 Å². The van der Waals surface area contributed by atoms with Gasteiger partial charge in [0.25, 0.3) is 0 Å². The van der Waals surface area contributed by atoms with Crippen LogP contribution in [0.3, 0.4) is 0 Å². The SMILES string of the molecule is COc1ccc(C(NCC(=O)NCCC2CCCCC2)C2CC2)cc1. The van der Waals surface area contributed by atoms with Crippen LogP contribution in [0.2, 0.25) is 0 Å². The Morgan fingerprint density at radius 2 is 1.84 bits per heavy atom. The molecular weight excluding hydrogens is 312 g/mol. The van der Waals surface area contributed by atoms with E-state index in [-0.39, 0.29) is 11.9 Å². The topological polar surface area (TPSA) is 50.4 Å². The van der Waals surface area contributed by atoms with Gasteiger partial charge in [-0.3, -0.25) is 4.79 Å². The van der Waals surface area contributed by atoms with Gasteiger partial charge in [0.05, 0.1) is 13.7 Å². The van der Waals surface area contributed by atoms with Gasteiger partial charge in [-0.25, -0.2) is 0 Å². The number of ether oxygens (including phenoxy) is 1. The van der Waals surface area contributed by atoms with Gasteiger partial charge in [-0.1, -0.05) is 44.2 Å². The normalized spacial score (nSPS) is 19.4. The Hall–Kier alpha value is -1.55. The quantitative estimate of drug-likeness (QED) is 0.716. The molecule has 1 aromatic rings. The Balaban J connectivity index is 1.40. The summed E-state index contributed by atoms with van der Waals surface area (Å²) in [7, 11) is 1.68. The Bertz CT molecular complexity index is 533. The summed E-state index contributed by atoms with van der Waals surface area (Å²) >= 11 is 0. The predicted molar refractivity (Wildman–Crippen MR) is 101 cm³/mol. The Labute approximate surface area is 151 Å². The van der Waals surface area contributed by atoms with E-state index in [1.54, 1.807) is 7.11 Å². The smallest absolute Gasteiger partial charge is 0.233 e. The molecule has 4 heteroatoms. The van der Waals surface area contributed by atoms with Crippen molar-refractivity contribution < 1.29 is 9.53 Å². The second kappa shape index (κ2) is 9.23. The van der Waals surface area contributed by atoms with Gasteiger partial charge in [0.2, 0.25) is 5.91 Å². The molecule has 1 amide bonds. The number of rotatable bonds is 9. The molecule has 1 unspecified atom stereocenters. The van der Waals surface area contributed by atoms with Crippen LogP contribution in [0, 0.1) is 11.8 Å². The molecule has 25 heavy (non-hydrogen) atoms. The molecule has 2 aliphatic carbocycles. The lowest BCUT2D eigenvalue weighted by Crippen LogP contribution is -2.37. The fourth-order valence-electron chi connectivity index (χ4n) is 3.95. The van der Waals surface area contributed by atoms with Crippen LogP contribution in [-0.2, 0) is 4.79 Å². The summed E-state index contributed by atoms with van der Waals surface area (Å²) < 4.78 is 5.23. The molecule has 138 valence electrons. The fraction of sp³-hybridized carbons (Fsp3) is 0.667. The first kappa shape index (κ1) is 18.2. The van der Waals surface area contributed by atoms with E-state index >= 15 is 0 Å². The van der Waals surface area contributed by atoms with E-state index in [9.17, 15) is 4.79 Å². The number of hydrogen-bond donors (Lipinski definition) is 2. The van der Waals surface area contributed by atoms with Crippen molar-refractivity contribution >= 4 is 5.91 Å². The minimum absolute atomic E-state index is 0.120. The van der Waals surface area contributed by atoms with Gasteiger partial charge in [0, 0.05) is 12.6 Å². The van der Waals surface area contributed by atoms with Gasteiger partial charge in [0.1, 0.15) is 5.75 Å². The van der Waals surface area contributed by atoms with Gasteiger partial charge in [0.15, 0.2) is 0 Å². The van der Waals surface area contributed by atoms with Crippen molar-refractivity contribution in [1.82, 2.24) is 10.6 Å². The standard InChI is InChI=1S/C21H32N2O2/c1-25-19-11-9-18(10-12-19)21(17-7-8-17)23-15-20(24)22-14-13-16-5-3-2-4-6-16/h9-12,16-17,21,23H,2-8,13-15H2,1H3,(H,22,24). The van der Waals surface area contributed by atoms with E-state index in [4.69, 9.17) is 4.74 Å². The molecular formula is C21H32N2O2. The average Bonchev–Trinajstić information content (AvgIpc) is 3.48. The van der Waals surface area contributed by atoms with Gasteiger partial charge in [-0.15, -0.1) is 0 Å². The third-order valence-electron chi connectivity index (χ3n) is 5.65. The van der Waals surface area contributed by atoms with E-state index < -0.39 is 0 Å². The summed E-state index contributed by atoms with van der Waals surface area (Å²) in [5, 5.41) is 6.56. The highest BCUT2D eigenvalue weighted by Crippen LogP contribution is 2.41. The highest BCUT2D eigenvalue weighted by molar-refractivity contribution is 5.78. The summed E-state index contributed by atoms with van der Waals surface area (Å²) in [5.41, 5.74) is 1.25. The molecule has 2 aliphatic rings. The molecule has 1 aromatic carbocycles. The van der Waals surface area contributed by atoms with Crippen LogP contribution in [0.4, 0.5) is 0 Å². The molecule has 2 saturated carbocycles. The first-order valence-corrected chi connectivity index (χ1v) is 9.90. The van der Waals surface area contributed by atoms with Crippen molar-refractivity contribution in [2.75, 3.05) is 20.2 Å². The second-order valence-corrected chi connectivity index (χ2v) is 7.61. The maximum absolute atomic E-state index is 12.2. The van der Waals surface area contributed by atoms with Gasteiger partial charge in [-0.2, -0.15) is 0 Å². The molecule has 4 nitrogen and oxygen atoms in total. The van der Waals surface area contributed by atoms with Crippen LogP contribution in [0.1, 0.15) is 63.0 Å². The van der Waals surface area contributed by atoms with E-state index in [2.05, 4.69) is 22.8 Å². The number of methoxy groups -OCH3 is 1. The van der Waals surface area contributed by atoms with Crippen LogP contribution in [0.5, 0.6) is 5.75 Å². The molecule has 0 bridgehead atoms. The second-order valence-electron chi connectivity index (χ2n) is 7.61. The van der Waals surface area contributed by atoms with Crippen LogP contribution in [-0.4, -0.2) is 26.1 Å². The predicted octanol–water partition coefficient (Wildman–Crippen LogP) is 3.82. The van der Waals surface area contributed by atoms with Gasteiger partial charge < -0.3 is 15.4 Å². The van der Waals surface area contributed by atoms with Crippen LogP contribution < -0.4 is 15.4 Å². The molecule has 0 spiro atoms. The van der Waals surface area contributed by atoms with Crippen molar-refractivity contribution in [1.29, 1.82) is 0 Å². The number of carbonyl (C=O) groups excluding carboxylic acids is 1. The molecule has 0 heterocycles. The third-order valence-corrected chi connectivity index (χ3v) is 5.65. The zero-order valence-electron chi connectivity index (χ0n) is 15.4. The highest BCUT2D eigenvalue weighted by atomic mass is 16.5. The van der Waals surface area contributed by atoms with E-state index in [1.807, 2.05) is 12.1 Å². The largest absolute Gasteiger partial charge is 0.497 e. The van der Waals surface area contributed by atoms with Gasteiger partial charge >= 0.3 is 0 Å². The zero-order chi connectivity index (χ0) is 17.5. The van der Waals surface area contributed by atoms with Crippen molar-refractivity contribution in [3.05, 3.63) is 29.8 Å². The molecule has 2 fully saturated rings. The lowest BCUT2D eigenvalue weighted by Gasteiger charge is -2.22. The summed E-state index contributed by atoms with van der Waals surface area (Å²) in [5.74, 6) is 2.47. The summed E-state index contributed by atoms with van der Waals surface area (Å²) in [6.45, 7) is 1.22. The van der Waals surface area contributed by atoms with Crippen LogP contribution in [0.15, 0.2) is 24.3 Å². The number of nitrogens with one attached hydrogen (secondary N) is 2. The minimum Gasteiger partial charge on any atom is -0.497 e. The van der Waals surface area contributed by atoms with E-state index in [0.29, 0.717) is 12.5 Å². The van der Waals surface area contributed by atoms with E-state index in [1.165, 1.54) is 50.5 Å². The molecule has 3 rings (SSSR count). The van der Waals surface area contributed by atoms with Crippen molar-refractivity contribution in [3.63, 3.8) is 0 Å². The summed E-state index contributed by atoms with van der Waals surface area (Å²) in [6.07, 6.45) is 10.4. The molecule has 0 saturated heterocycles. The lowest BCUT2D eigenvalue weighted by molar-refractivity contribution is -0.120. The summed E-state index contributed by atoms with van der Waals surface area (Å²) in [4.78, 5) is 12.2. The molecule has 0 aromatic heterocycles. The third kappa shape index (κ3) is 5.74. The monoisotopic (exact) mass is 344 g/mol. The highest BCUT2D eigenvalue weighted by Gasteiger charge is 2.32. The van der Waals surface area contributed by atoms with Gasteiger partial charge in [-0.05, 0) is 48.8 Å². The number of benzene rings is 1. The van der Waals surface area contributed by atoms with Crippen molar-refractivity contribution in [2.45, 2.75) is 57.4 Å². The lowest BCUT2D eigenvalue weighted by atomic mass is 9.87. The first-order valence-electron chi connectivity index (χ1n) is 9.90. The maximum atomic E-state index is 12.2. The Morgan fingerprint density at radius 1 is 1.12 bits per heavy atom. The molecule has 0 aliphatic heterocycles. The molecule has 0 radical (unpaired) electrons. The zero-order valence-corrected chi connectivity index (χ0v) is 15.4. The minimum atomic E-state index is 0.120. The van der Waals surface area contributed by atoms with Crippen molar-refractivity contribution in [2.24, 2.45) is 11.8 Å². The Kier molecular flexibility index (Phi) is 6.74. The molecule has 2 N–H and O–H groups in total. The number of amides is 1. The first-order chi connectivity index (χ1) is 12.3. The average molecular weight is 344 g/mol. The molecule has 1 atom stereocenters. The van der Waals surface area contributed by atoms with Crippen LogP contribution in [0.25, 0.3) is 0 Å². The maximum Gasteiger partial charge on any atom is 0.233 e. The fourth-order valence-corrected chi connectivity index (χ4v) is 3.95. The van der Waals surface area contributed by atoms with Crippen LogP contribution >= 0.6 is 0 Å². The van der Waals surface area contributed by atoms with E-state index in [0.717, 1.165) is 24.6 Å². The number of hydrogen-bond acceptors (Lipinski definition) is 3. The number of carbonyl (C=O) groups is 1. The Morgan fingerprint density at radius 3 is 2.48 bits per heavy atom.